The Hall–Kier alpha value is -2.53. The lowest BCUT2D eigenvalue weighted by molar-refractivity contribution is 0.0949. The van der Waals surface area contributed by atoms with Crippen molar-refractivity contribution in [1.82, 2.24) is 5.32 Å². The van der Waals surface area contributed by atoms with E-state index in [0.717, 1.165) is 36.5 Å². The van der Waals surface area contributed by atoms with Crippen molar-refractivity contribution in [3.05, 3.63) is 59.2 Å². The molecule has 0 aromatic heterocycles. The fourth-order valence-electron chi connectivity index (χ4n) is 3.80. The normalized spacial score (nSPS) is 17.9. The highest BCUT2D eigenvalue weighted by Crippen LogP contribution is 2.35. The first-order valence-corrected chi connectivity index (χ1v) is 9.53. The molecule has 0 aliphatic carbocycles. The number of nitrogens with one attached hydrogen (secondary N) is 1. The van der Waals surface area contributed by atoms with Crippen molar-refractivity contribution in [2.75, 3.05) is 31.2 Å². The number of carbonyl (C=O) groups is 1. The van der Waals surface area contributed by atoms with Crippen LogP contribution in [0.1, 0.15) is 35.3 Å². The molecule has 0 radical (unpaired) electrons. The van der Waals surface area contributed by atoms with Crippen LogP contribution in [0.15, 0.2) is 42.5 Å². The fraction of sp³-hybridized carbons (Fsp3) is 0.409. The molecule has 0 spiro atoms. The molecule has 1 fully saturated rings. The molecule has 1 N–H and O–H groups in total. The number of hydrogen-bond acceptors (Lipinski definition) is 4. The van der Waals surface area contributed by atoms with Gasteiger partial charge in [0.15, 0.2) is 0 Å². The van der Waals surface area contributed by atoms with E-state index in [-0.39, 0.29) is 11.5 Å². The summed E-state index contributed by atoms with van der Waals surface area (Å²) in [6.07, 6.45) is 0.893. The number of hydrogen-bond donors (Lipinski definition) is 1. The highest BCUT2D eigenvalue weighted by atomic mass is 16.5. The minimum Gasteiger partial charge on any atom is -0.487 e. The van der Waals surface area contributed by atoms with Crippen LogP contribution in [0, 0.1) is 0 Å². The van der Waals surface area contributed by atoms with Crippen molar-refractivity contribution >= 4 is 11.6 Å². The van der Waals surface area contributed by atoms with Crippen LogP contribution in [0.5, 0.6) is 5.75 Å². The molecule has 0 saturated carbocycles. The first-order valence-electron chi connectivity index (χ1n) is 9.53. The molecule has 0 atom stereocenters. The van der Waals surface area contributed by atoms with Gasteiger partial charge in [-0.25, -0.2) is 0 Å². The van der Waals surface area contributed by atoms with E-state index in [1.807, 2.05) is 36.4 Å². The zero-order chi connectivity index (χ0) is 18.9. The van der Waals surface area contributed by atoms with Gasteiger partial charge in [-0.15, -0.1) is 0 Å². The van der Waals surface area contributed by atoms with Crippen molar-refractivity contribution in [1.29, 1.82) is 0 Å². The maximum absolute atomic E-state index is 12.8. The average molecular weight is 366 g/mol. The molecule has 4 rings (SSSR count). The van der Waals surface area contributed by atoms with E-state index >= 15 is 0 Å². The minimum atomic E-state index is -0.151. The number of carbonyl (C=O) groups excluding carboxylic acids is 1. The second kappa shape index (κ2) is 7.24. The molecule has 2 heterocycles. The number of anilines is 1. The molecule has 27 heavy (non-hydrogen) atoms. The largest absolute Gasteiger partial charge is 0.487 e. The zero-order valence-corrected chi connectivity index (χ0v) is 16.0. The fourth-order valence-corrected chi connectivity index (χ4v) is 3.80. The van der Waals surface area contributed by atoms with Gasteiger partial charge in [-0.05, 0) is 43.2 Å². The number of para-hydroxylation sites is 1. The monoisotopic (exact) mass is 366 g/mol. The molecule has 2 aromatic rings. The number of morpholine rings is 1. The van der Waals surface area contributed by atoms with E-state index in [1.165, 1.54) is 5.56 Å². The van der Waals surface area contributed by atoms with Crippen molar-refractivity contribution < 1.29 is 14.3 Å². The number of nitrogens with zero attached hydrogens (tertiary/aromatic N) is 1. The van der Waals surface area contributed by atoms with E-state index in [9.17, 15) is 4.79 Å². The van der Waals surface area contributed by atoms with Gasteiger partial charge in [0.25, 0.3) is 5.91 Å². The third-order valence-electron chi connectivity index (χ3n) is 5.08. The molecular weight excluding hydrogens is 340 g/mol. The summed E-state index contributed by atoms with van der Waals surface area (Å²) in [7, 11) is 0. The summed E-state index contributed by atoms with van der Waals surface area (Å²) in [4.78, 5) is 15.0. The number of amides is 1. The Bertz CT molecular complexity index is 841. The lowest BCUT2D eigenvalue weighted by atomic mass is 10.0. The van der Waals surface area contributed by atoms with Crippen LogP contribution < -0.4 is 15.0 Å². The summed E-state index contributed by atoms with van der Waals surface area (Å²) in [6, 6.07) is 14.0. The summed E-state index contributed by atoms with van der Waals surface area (Å²) in [6.45, 7) is 7.71. The van der Waals surface area contributed by atoms with Gasteiger partial charge < -0.3 is 19.7 Å². The molecule has 5 heteroatoms. The van der Waals surface area contributed by atoms with E-state index in [2.05, 4.69) is 30.1 Å². The van der Waals surface area contributed by atoms with Gasteiger partial charge in [-0.3, -0.25) is 4.79 Å². The molecule has 0 unspecified atom stereocenters. The minimum absolute atomic E-state index is 0.0471. The van der Waals surface area contributed by atoms with Crippen LogP contribution in [0.25, 0.3) is 0 Å². The molecular formula is C22H26N2O3. The SMILES string of the molecule is CC1(C)Cc2cc(CNC(=O)c3ccccc3N3CCOCC3)ccc2O1. The Morgan fingerprint density at radius 1 is 1.15 bits per heavy atom. The number of benzene rings is 2. The molecule has 1 saturated heterocycles. The molecule has 0 bridgehead atoms. The Labute approximate surface area is 160 Å². The topological polar surface area (TPSA) is 50.8 Å². The Morgan fingerprint density at radius 2 is 1.93 bits per heavy atom. The first-order chi connectivity index (χ1) is 13.0. The lowest BCUT2D eigenvalue weighted by Crippen LogP contribution is -2.37. The smallest absolute Gasteiger partial charge is 0.253 e. The molecule has 2 aliphatic rings. The van der Waals surface area contributed by atoms with E-state index in [4.69, 9.17) is 9.47 Å². The van der Waals surface area contributed by atoms with Crippen molar-refractivity contribution in [2.24, 2.45) is 0 Å². The maximum Gasteiger partial charge on any atom is 0.253 e. The summed E-state index contributed by atoms with van der Waals surface area (Å²) >= 11 is 0. The second-order valence-electron chi connectivity index (χ2n) is 7.78. The number of rotatable bonds is 4. The predicted octanol–water partition coefficient (Wildman–Crippen LogP) is 3.17. The molecule has 142 valence electrons. The quantitative estimate of drug-likeness (QED) is 0.903. The first kappa shape index (κ1) is 17.9. The Kier molecular flexibility index (Phi) is 4.79. The second-order valence-corrected chi connectivity index (χ2v) is 7.78. The summed E-state index contributed by atoms with van der Waals surface area (Å²) in [5.74, 6) is 0.905. The highest BCUT2D eigenvalue weighted by Gasteiger charge is 2.29. The van der Waals surface area contributed by atoms with Gasteiger partial charge in [0, 0.05) is 31.7 Å². The molecule has 2 aromatic carbocycles. The Morgan fingerprint density at radius 3 is 2.74 bits per heavy atom. The van der Waals surface area contributed by atoms with E-state index in [0.29, 0.717) is 25.3 Å². The summed E-state index contributed by atoms with van der Waals surface area (Å²) in [5, 5.41) is 3.07. The average Bonchev–Trinajstić information content (AvgIpc) is 2.99. The van der Waals surface area contributed by atoms with Crippen LogP contribution in [0.2, 0.25) is 0 Å². The van der Waals surface area contributed by atoms with Gasteiger partial charge in [0.05, 0.1) is 18.8 Å². The van der Waals surface area contributed by atoms with Crippen molar-refractivity contribution in [3.8, 4) is 5.75 Å². The van der Waals surface area contributed by atoms with Gasteiger partial charge in [0.1, 0.15) is 11.4 Å². The number of fused-ring (bicyclic) bond motifs is 1. The van der Waals surface area contributed by atoms with Gasteiger partial charge >= 0.3 is 0 Å². The zero-order valence-electron chi connectivity index (χ0n) is 16.0. The van der Waals surface area contributed by atoms with E-state index < -0.39 is 0 Å². The summed E-state index contributed by atoms with van der Waals surface area (Å²) in [5.41, 5.74) is 3.83. The van der Waals surface area contributed by atoms with Gasteiger partial charge in [-0.2, -0.15) is 0 Å². The standard InChI is InChI=1S/C22H26N2O3/c1-22(2)14-17-13-16(7-8-20(17)27-22)15-23-21(25)18-5-3-4-6-19(18)24-9-11-26-12-10-24/h3-8,13H,9-12,14-15H2,1-2H3,(H,23,25). The van der Waals surface area contributed by atoms with Gasteiger partial charge in [0.2, 0.25) is 0 Å². The van der Waals surface area contributed by atoms with Gasteiger partial charge in [-0.1, -0.05) is 24.3 Å². The van der Waals surface area contributed by atoms with Crippen LogP contribution in [-0.4, -0.2) is 37.8 Å². The third-order valence-corrected chi connectivity index (χ3v) is 5.08. The van der Waals surface area contributed by atoms with Crippen molar-refractivity contribution in [2.45, 2.75) is 32.4 Å². The lowest BCUT2D eigenvalue weighted by Gasteiger charge is -2.30. The number of ether oxygens (including phenoxy) is 2. The van der Waals surface area contributed by atoms with Crippen LogP contribution in [-0.2, 0) is 17.7 Å². The Balaban J connectivity index is 1.45. The highest BCUT2D eigenvalue weighted by molar-refractivity contribution is 5.99. The third kappa shape index (κ3) is 3.93. The van der Waals surface area contributed by atoms with Crippen LogP contribution >= 0.6 is 0 Å². The van der Waals surface area contributed by atoms with E-state index in [1.54, 1.807) is 0 Å². The molecule has 1 amide bonds. The van der Waals surface area contributed by atoms with Crippen LogP contribution in [0.4, 0.5) is 5.69 Å². The molecule has 5 nitrogen and oxygen atoms in total. The molecule has 2 aliphatic heterocycles. The summed E-state index contributed by atoms with van der Waals surface area (Å²) < 4.78 is 11.3. The van der Waals surface area contributed by atoms with Crippen molar-refractivity contribution in [3.63, 3.8) is 0 Å². The maximum atomic E-state index is 12.8. The predicted molar refractivity (Wildman–Crippen MR) is 105 cm³/mol. The van der Waals surface area contributed by atoms with Crippen LogP contribution in [0.3, 0.4) is 0 Å².